The van der Waals surface area contributed by atoms with Gasteiger partial charge in [-0.05, 0) is 60.9 Å². The number of fused-ring (bicyclic) bond motifs is 1. The highest BCUT2D eigenvalue weighted by molar-refractivity contribution is 6.22. The SMILES string of the molecule is C[C@H]1C=CC[C@H]2C(=O)N(c3ccc(Oc4ccc(C#N)cc4)cc3)C(=O)[C@H]12. The van der Waals surface area contributed by atoms with Crippen LogP contribution in [0.15, 0.2) is 60.7 Å². The second-order valence-electron chi connectivity index (χ2n) is 6.90. The molecule has 3 atom stereocenters. The van der Waals surface area contributed by atoms with Crippen molar-refractivity contribution in [2.45, 2.75) is 13.3 Å². The number of anilines is 1. The Morgan fingerprint density at radius 2 is 1.63 bits per heavy atom. The molecule has 2 aliphatic rings. The van der Waals surface area contributed by atoms with Crippen LogP contribution in [-0.2, 0) is 9.59 Å². The van der Waals surface area contributed by atoms with E-state index in [1.54, 1.807) is 48.5 Å². The smallest absolute Gasteiger partial charge is 0.238 e. The Hall–Kier alpha value is -3.39. The largest absolute Gasteiger partial charge is 0.457 e. The van der Waals surface area contributed by atoms with Crippen molar-refractivity contribution in [3.8, 4) is 17.6 Å². The molecule has 1 saturated heterocycles. The monoisotopic (exact) mass is 358 g/mol. The van der Waals surface area contributed by atoms with E-state index >= 15 is 0 Å². The molecule has 0 aromatic heterocycles. The zero-order valence-electron chi connectivity index (χ0n) is 14.8. The van der Waals surface area contributed by atoms with Crippen molar-refractivity contribution in [2.75, 3.05) is 4.90 Å². The summed E-state index contributed by atoms with van der Waals surface area (Å²) in [5, 5.41) is 8.83. The fourth-order valence-electron chi connectivity index (χ4n) is 3.80. The van der Waals surface area contributed by atoms with Gasteiger partial charge >= 0.3 is 0 Å². The van der Waals surface area contributed by atoms with Crippen molar-refractivity contribution in [3.05, 3.63) is 66.2 Å². The first-order valence-corrected chi connectivity index (χ1v) is 8.91. The van der Waals surface area contributed by atoms with Crippen molar-refractivity contribution < 1.29 is 14.3 Å². The van der Waals surface area contributed by atoms with Crippen LogP contribution in [0.1, 0.15) is 18.9 Å². The Kier molecular flexibility index (Phi) is 4.25. The molecule has 27 heavy (non-hydrogen) atoms. The lowest BCUT2D eigenvalue weighted by atomic mass is 9.78. The standard InChI is InChI=1S/C22H18N2O3/c1-14-3-2-4-19-20(14)22(26)24(21(19)25)16-7-11-18(12-8-16)27-17-9-5-15(13-23)6-10-17/h2-3,5-12,14,19-20H,4H2,1H3/t14-,19+,20+/m0/s1. The predicted molar refractivity (Wildman–Crippen MR) is 100 cm³/mol. The zero-order valence-corrected chi connectivity index (χ0v) is 14.8. The molecule has 0 spiro atoms. The molecule has 2 amide bonds. The summed E-state index contributed by atoms with van der Waals surface area (Å²) < 4.78 is 5.75. The predicted octanol–water partition coefficient (Wildman–Crippen LogP) is 4.05. The number of ether oxygens (including phenoxy) is 1. The van der Waals surface area contributed by atoms with Crippen LogP contribution < -0.4 is 9.64 Å². The van der Waals surface area contributed by atoms with Gasteiger partial charge in [0.05, 0.1) is 29.2 Å². The number of hydrogen-bond acceptors (Lipinski definition) is 4. The third kappa shape index (κ3) is 3.00. The van der Waals surface area contributed by atoms with E-state index in [4.69, 9.17) is 10.00 Å². The van der Waals surface area contributed by atoms with Crippen LogP contribution in [0.3, 0.4) is 0 Å². The van der Waals surface area contributed by atoms with Crippen LogP contribution in [-0.4, -0.2) is 11.8 Å². The van der Waals surface area contributed by atoms with Gasteiger partial charge in [0.25, 0.3) is 0 Å². The minimum Gasteiger partial charge on any atom is -0.457 e. The number of rotatable bonds is 3. The van der Waals surface area contributed by atoms with Gasteiger partial charge in [0.2, 0.25) is 11.8 Å². The maximum atomic E-state index is 12.8. The van der Waals surface area contributed by atoms with Gasteiger partial charge in [-0.2, -0.15) is 5.26 Å². The Morgan fingerprint density at radius 3 is 2.22 bits per heavy atom. The number of carbonyl (C=O) groups excluding carboxylic acids is 2. The number of hydrogen-bond donors (Lipinski definition) is 0. The van der Waals surface area contributed by atoms with E-state index in [0.717, 1.165) is 0 Å². The molecular formula is C22H18N2O3. The quantitative estimate of drug-likeness (QED) is 0.613. The summed E-state index contributed by atoms with van der Waals surface area (Å²) in [4.78, 5) is 26.9. The van der Waals surface area contributed by atoms with E-state index in [1.807, 2.05) is 19.1 Å². The molecule has 1 aliphatic carbocycles. The molecule has 0 saturated carbocycles. The zero-order chi connectivity index (χ0) is 19.0. The number of nitriles is 1. The summed E-state index contributed by atoms with van der Waals surface area (Å²) in [6, 6.07) is 15.8. The van der Waals surface area contributed by atoms with Gasteiger partial charge in [0.1, 0.15) is 11.5 Å². The molecule has 5 heteroatoms. The number of imide groups is 1. The molecule has 0 bridgehead atoms. The Bertz CT molecular complexity index is 955. The highest BCUT2D eigenvalue weighted by Gasteiger charge is 2.50. The Balaban J connectivity index is 1.53. The average molecular weight is 358 g/mol. The van der Waals surface area contributed by atoms with E-state index in [2.05, 4.69) is 6.07 Å². The molecule has 0 N–H and O–H groups in total. The molecule has 2 aromatic rings. The van der Waals surface area contributed by atoms with Gasteiger partial charge < -0.3 is 4.74 Å². The van der Waals surface area contributed by atoms with E-state index < -0.39 is 0 Å². The van der Waals surface area contributed by atoms with Crippen molar-refractivity contribution in [3.63, 3.8) is 0 Å². The number of amides is 2. The summed E-state index contributed by atoms with van der Waals surface area (Å²) >= 11 is 0. The van der Waals surface area contributed by atoms with Crippen LogP contribution in [0.5, 0.6) is 11.5 Å². The first-order chi connectivity index (χ1) is 13.1. The molecule has 1 aliphatic heterocycles. The van der Waals surface area contributed by atoms with Crippen molar-refractivity contribution in [1.29, 1.82) is 5.26 Å². The number of carbonyl (C=O) groups is 2. The maximum Gasteiger partial charge on any atom is 0.238 e. The van der Waals surface area contributed by atoms with Gasteiger partial charge in [-0.3, -0.25) is 14.5 Å². The maximum absolute atomic E-state index is 12.8. The number of allylic oxidation sites excluding steroid dienone is 2. The number of nitrogens with zero attached hydrogens (tertiary/aromatic N) is 2. The minimum absolute atomic E-state index is 0.0733. The first-order valence-electron chi connectivity index (χ1n) is 8.91. The van der Waals surface area contributed by atoms with Crippen LogP contribution in [0.25, 0.3) is 0 Å². The lowest BCUT2D eigenvalue weighted by molar-refractivity contribution is -0.122. The molecular weight excluding hydrogens is 340 g/mol. The van der Waals surface area contributed by atoms with E-state index in [0.29, 0.717) is 29.2 Å². The highest BCUT2D eigenvalue weighted by atomic mass is 16.5. The second kappa shape index (κ2) is 6.73. The summed E-state index contributed by atoms with van der Waals surface area (Å²) in [6.07, 6.45) is 4.63. The molecule has 4 rings (SSSR count). The average Bonchev–Trinajstić information content (AvgIpc) is 2.95. The first kappa shape index (κ1) is 17.0. The molecule has 0 unspecified atom stereocenters. The molecule has 5 nitrogen and oxygen atoms in total. The Labute approximate surface area is 157 Å². The normalized spacial score (nSPS) is 23.9. The van der Waals surface area contributed by atoms with Crippen molar-refractivity contribution in [2.24, 2.45) is 17.8 Å². The Morgan fingerprint density at radius 1 is 1.00 bits per heavy atom. The van der Waals surface area contributed by atoms with Gasteiger partial charge in [0.15, 0.2) is 0 Å². The van der Waals surface area contributed by atoms with Gasteiger partial charge in [0, 0.05) is 0 Å². The molecule has 134 valence electrons. The summed E-state index contributed by atoms with van der Waals surface area (Å²) in [5.74, 6) is 0.508. The van der Waals surface area contributed by atoms with Gasteiger partial charge in [-0.25, -0.2) is 0 Å². The lowest BCUT2D eigenvalue weighted by Gasteiger charge is -2.22. The summed E-state index contributed by atoms with van der Waals surface area (Å²) in [5.41, 5.74) is 1.13. The van der Waals surface area contributed by atoms with Crippen LogP contribution in [0, 0.1) is 29.1 Å². The molecule has 1 fully saturated rings. The second-order valence-corrected chi connectivity index (χ2v) is 6.90. The fraction of sp³-hybridized carbons (Fsp3) is 0.227. The summed E-state index contributed by atoms with van der Waals surface area (Å²) in [6.45, 7) is 1.98. The van der Waals surface area contributed by atoms with Crippen LogP contribution in [0.2, 0.25) is 0 Å². The lowest BCUT2D eigenvalue weighted by Crippen LogP contribution is -2.31. The van der Waals surface area contributed by atoms with E-state index in [-0.39, 0.29) is 29.6 Å². The van der Waals surface area contributed by atoms with E-state index in [9.17, 15) is 9.59 Å². The third-order valence-electron chi connectivity index (χ3n) is 5.19. The van der Waals surface area contributed by atoms with Crippen molar-refractivity contribution in [1.82, 2.24) is 0 Å². The van der Waals surface area contributed by atoms with Crippen molar-refractivity contribution >= 4 is 17.5 Å². The fourth-order valence-corrected chi connectivity index (χ4v) is 3.80. The van der Waals surface area contributed by atoms with E-state index in [1.165, 1.54) is 4.90 Å². The topological polar surface area (TPSA) is 70.4 Å². The van der Waals surface area contributed by atoms with Gasteiger partial charge in [-0.15, -0.1) is 0 Å². The number of benzene rings is 2. The molecule has 2 aromatic carbocycles. The minimum atomic E-state index is -0.267. The highest BCUT2D eigenvalue weighted by Crippen LogP contribution is 2.40. The van der Waals surface area contributed by atoms with Gasteiger partial charge in [-0.1, -0.05) is 19.1 Å². The van der Waals surface area contributed by atoms with Crippen LogP contribution >= 0.6 is 0 Å². The summed E-state index contributed by atoms with van der Waals surface area (Å²) in [7, 11) is 0. The molecule has 0 radical (unpaired) electrons. The van der Waals surface area contributed by atoms with Crippen LogP contribution in [0.4, 0.5) is 5.69 Å². The third-order valence-corrected chi connectivity index (χ3v) is 5.19. The molecule has 1 heterocycles.